The molecule has 2 atom stereocenters. The fraction of sp³-hybridized carbons (Fsp3) is 0.222. The van der Waals surface area contributed by atoms with Crippen LogP contribution in [0.15, 0.2) is 48.7 Å². The van der Waals surface area contributed by atoms with Crippen molar-refractivity contribution in [1.82, 2.24) is 4.98 Å². The number of amides is 1. The largest absolute Gasteiger partial charge is 0.309 e. The summed E-state index contributed by atoms with van der Waals surface area (Å²) in [5.74, 6) is -2.90. The third kappa shape index (κ3) is 4.46. The van der Waals surface area contributed by atoms with Crippen LogP contribution in [0.25, 0.3) is 0 Å². The molecule has 0 saturated heterocycles. The van der Waals surface area contributed by atoms with Crippen LogP contribution in [0.2, 0.25) is 0 Å². The van der Waals surface area contributed by atoms with Crippen molar-refractivity contribution in [1.29, 1.82) is 5.26 Å². The van der Waals surface area contributed by atoms with Gasteiger partial charge in [0.05, 0.1) is 6.07 Å². The van der Waals surface area contributed by atoms with Crippen LogP contribution in [0.1, 0.15) is 24.8 Å². The summed E-state index contributed by atoms with van der Waals surface area (Å²) < 4.78 is 12.9. The highest BCUT2D eigenvalue weighted by molar-refractivity contribution is 6.09. The van der Waals surface area contributed by atoms with Gasteiger partial charge in [0.25, 0.3) is 5.91 Å². The van der Waals surface area contributed by atoms with E-state index in [4.69, 9.17) is 5.26 Å². The van der Waals surface area contributed by atoms with E-state index in [1.807, 2.05) is 0 Å². The fourth-order valence-electron chi connectivity index (χ4n) is 2.24. The van der Waals surface area contributed by atoms with Crippen molar-refractivity contribution in [2.75, 3.05) is 5.32 Å². The molecule has 5 nitrogen and oxygen atoms in total. The summed E-state index contributed by atoms with van der Waals surface area (Å²) in [7, 11) is 0. The van der Waals surface area contributed by atoms with Gasteiger partial charge >= 0.3 is 0 Å². The van der Waals surface area contributed by atoms with Crippen LogP contribution >= 0.6 is 0 Å². The predicted molar refractivity (Wildman–Crippen MR) is 86.4 cm³/mol. The van der Waals surface area contributed by atoms with Crippen LogP contribution in [0.4, 0.5) is 10.2 Å². The van der Waals surface area contributed by atoms with Crippen molar-refractivity contribution >= 4 is 17.5 Å². The molecule has 1 aromatic carbocycles. The van der Waals surface area contributed by atoms with E-state index >= 15 is 0 Å². The number of Topliss-reactive ketones (excluding diaryl/α,β-unsaturated/α-hetero) is 1. The summed E-state index contributed by atoms with van der Waals surface area (Å²) in [5.41, 5.74) is 0.770. The summed E-state index contributed by atoms with van der Waals surface area (Å²) in [6.07, 6.45) is 1.51. The smallest absolute Gasteiger partial charge is 0.250 e. The molecule has 0 radical (unpaired) electrons. The third-order valence-corrected chi connectivity index (χ3v) is 3.58. The molecule has 0 saturated carbocycles. The molecule has 2 aromatic rings. The number of carbonyl (C=O) groups is 2. The molecular formula is C18H16FN3O2. The molecule has 1 aromatic heterocycles. The second kappa shape index (κ2) is 7.97. The third-order valence-electron chi connectivity index (χ3n) is 3.58. The zero-order valence-corrected chi connectivity index (χ0v) is 13.1. The zero-order valence-electron chi connectivity index (χ0n) is 13.1. The van der Waals surface area contributed by atoms with Crippen molar-refractivity contribution in [3.8, 4) is 6.07 Å². The summed E-state index contributed by atoms with van der Waals surface area (Å²) >= 11 is 0. The van der Waals surface area contributed by atoms with E-state index in [2.05, 4.69) is 10.3 Å². The van der Waals surface area contributed by atoms with Crippen LogP contribution in [-0.2, 0) is 9.59 Å². The summed E-state index contributed by atoms with van der Waals surface area (Å²) in [5, 5.41) is 11.6. The molecule has 0 aliphatic heterocycles. The molecule has 24 heavy (non-hydrogen) atoms. The number of halogens is 1. The number of nitrogens with zero attached hydrogens (tertiary/aromatic N) is 2. The fourth-order valence-corrected chi connectivity index (χ4v) is 2.24. The zero-order chi connectivity index (χ0) is 17.5. The quantitative estimate of drug-likeness (QED) is 0.827. The molecular weight excluding hydrogens is 309 g/mol. The minimum absolute atomic E-state index is 0.0134. The Morgan fingerprint density at radius 1 is 1.25 bits per heavy atom. The predicted octanol–water partition coefficient (Wildman–Crippen LogP) is 3.06. The number of hydrogen-bond acceptors (Lipinski definition) is 4. The molecule has 122 valence electrons. The highest BCUT2D eigenvalue weighted by atomic mass is 19.1. The normalized spacial score (nSPS) is 12.7. The molecule has 0 aliphatic rings. The van der Waals surface area contributed by atoms with E-state index in [1.54, 1.807) is 43.3 Å². The maximum atomic E-state index is 12.9. The van der Waals surface area contributed by atoms with Gasteiger partial charge < -0.3 is 5.32 Å². The minimum Gasteiger partial charge on any atom is -0.309 e. The monoisotopic (exact) mass is 325 g/mol. The lowest BCUT2D eigenvalue weighted by molar-refractivity contribution is -0.129. The Balaban J connectivity index is 2.01. The Morgan fingerprint density at radius 2 is 1.96 bits per heavy atom. The van der Waals surface area contributed by atoms with Crippen LogP contribution < -0.4 is 5.32 Å². The lowest BCUT2D eigenvalue weighted by atomic mass is 9.91. The summed E-state index contributed by atoms with van der Waals surface area (Å²) in [6, 6.07) is 12.5. The summed E-state index contributed by atoms with van der Waals surface area (Å²) in [6.45, 7) is 1.79. The Hall–Kier alpha value is -3.07. The molecule has 2 unspecified atom stereocenters. The number of aromatic nitrogens is 1. The van der Waals surface area contributed by atoms with Gasteiger partial charge in [-0.3, -0.25) is 9.59 Å². The molecule has 1 amide bonds. The van der Waals surface area contributed by atoms with Crippen molar-refractivity contribution in [3.63, 3.8) is 0 Å². The first-order chi connectivity index (χ1) is 11.5. The number of pyridine rings is 1. The van der Waals surface area contributed by atoms with Gasteiger partial charge in [0.2, 0.25) is 0 Å². The number of carbonyl (C=O) groups excluding carboxylic acids is 2. The number of benzene rings is 1. The lowest BCUT2D eigenvalue weighted by Crippen LogP contribution is -2.29. The maximum Gasteiger partial charge on any atom is 0.250 e. The number of nitriles is 1. The molecule has 2 rings (SSSR count). The minimum atomic E-state index is -1.41. The van der Waals surface area contributed by atoms with Crippen molar-refractivity contribution in [3.05, 3.63) is 60.0 Å². The van der Waals surface area contributed by atoms with Crippen molar-refractivity contribution < 1.29 is 14.0 Å². The second-order valence-electron chi connectivity index (χ2n) is 5.39. The van der Waals surface area contributed by atoms with Gasteiger partial charge in [-0.1, -0.05) is 25.1 Å². The van der Waals surface area contributed by atoms with Gasteiger partial charge in [-0.2, -0.15) is 5.26 Å². The Morgan fingerprint density at radius 3 is 2.54 bits per heavy atom. The molecule has 1 heterocycles. The first-order valence-corrected chi connectivity index (χ1v) is 7.41. The summed E-state index contributed by atoms with van der Waals surface area (Å²) in [4.78, 5) is 28.3. The first kappa shape index (κ1) is 17.3. The van der Waals surface area contributed by atoms with Crippen LogP contribution in [-0.4, -0.2) is 16.7 Å². The van der Waals surface area contributed by atoms with E-state index in [1.165, 1.54) is 18.3 Å². The Labute approximate surface area is 139 Å². The number of nitrogens with one attached hydrogen (secondary N) is 1. The highest BCUT2D eigenvalue weighted by Gasteiger charge is 2.28. The van der Waals surface area contributed by atoms with E-state index < -0.39 is 17.6 Å². The topological polar surface area (TPSA) is 82.8 Å². The van der Waals surface area contributed by atoms with E-state index in [0.29, 0.717) is 0 Å². The average Bonchev–Trinajstić information content (AvgIpc) is 2.57. The Bertz CT molecular complexity index is 754. The standard InChI is InChI=1S/C18H16FN3O2/c1-12(13-5-7-14(19)8-6-13)10-16(23)15(11-20)18(24)22-17-4-2-3-9-21-17/h2-9,12,15H,10H2,1H3,(H,21,22,24). The number of anilines is 1. The lowest BCUT2D eigenvalue weighted by Gasteiger charge is -2.13. The number of hydrogen-bond donors (Lipinski definition) is 1. The second-order valence-corrected chi connectivity index (χ2v) is 5.39. The first-order valence-electron chi connectivity index (χ1n) is 7.41. The van der Waals surface area contributed by atoms with Gasteiger partial charge in [0.1, 0.15) is 11.6 Å². The number of ketones is 1. The van der Waals surface area contributed by atoms with Crippen LogP contribution in [0.5, 0.6) is 0 Å². The Kier molecular flexibility index (Phi) is 5.74. The SMILES string of the molecule is CC(CC(=O)C(C#N)C(=O)Nc1ccccn1)c1ccc(F)cc1. The molecule has 6 heteroatoms. The molecule has 0 spiro atoms. The van der Waals surface area contributed by atoms with Gasteiger partial charge in [0.15, 0.2) is 11.7 Å². The van der Waals surface area contributed by atoms with Crippen molar-refractivity contribution in [2.45, 2.75) is 19.3 Å². The van der Waals surface area contributed by atoms with E-state index in [0.717, 1.165) is 5.56 Å². The van der Waals surface area contributed by atoms with Gasteiger partial charge in [0, 0.05) is 12.6 Å². The van der Waals surface area contributed by atoms with Gasteiger partial charge in [-0.25, -0.2) is 9.37 Å². The van der Waals surface area contributed by atoms with Gasteiger partial charge in [-0.15, -0.1) is 0 Å². The number of rotatable bonds is 6. The van der Waals surface area contributed by atoms with E-state index in [-0.39, 0.29) is 24.0 Å². The van der Waals surface area contributed by atoms with E-state index in [9.17, 15) is 14.0 Å². The van der Waals surface area contributed by atoms with Crippen LogP contribution in [0.3, 0.4) is 0 Å². The highest BCUT2D eigenvalue weighted by Crippen LogP contribution is 2.21. The van der Waals surface area contributed by atoms with Gasteiger partial charge in [-0.05, 0) is 35.7 Å². The molecule has 0 fully saturated rings. The molecule has 1 N–H and O–H groups in total. The maximum absolute atomic E-state index is 12.9. The van der Waals surface area contributed by atoms with Crippen molar-refractivity contribution in [2.24, 2.45) is 5.92 Å². The average molecular weight is 325 g/mol. The molecule has 0 aliphatic carbocycles. The van der Waals surface area contributed by atoms with Crippen LogP contribution in [0, 0.1) is 23.1 Å². The molecule has 0 bridgehead atoms.